The highest BCUT2D eigenvalue weighted by atomic mass is 16.5. The van der Waals surface area contributed by atoms with Crippen LogP contribution in [-0.2, 0) is 14.3 Å². The van der Waals surface area contributed by atoms with Crippen LogP contribution in [0.15, 0.2) is 0 Å². The first-order valence-corrected chi connectivity index (χ1v) is 4.45. The predicted octanol–water partition coefficient (Wildman–Crippen LogP) is 1.76. The normalized spacial score (nSPS) is 9.83. The minimum atomic E-state index is -0.203. The van der Waals surface area contributed by atoms with Gasteiger partial charge in [0, 0.05) is 6.61 Å². The zero-order valence-electron chi connectivity index (χ0n) is 7.97. The van der Waals surface area contributed by atoms with E-state index in [0.29, 0.717) is 13.0 Å². The monoisotopic (exact) mass is 174 g/mol. The molecule has 0 amide bonds. The third-order valence-electron chi connectivity index (χ3n) is 1.57. The van der Waals surface area contributed by atoms with Crippen LogP contribution in [0.1, 0.15) is 32.6 Å². The highest BCUT2D eigenvalue weighted by Crippen LogP contribution is 1.95. The number of carbonyl (C=O) groups excluding carboxylic acids is 1. The Labute approximate surface area is 74.0 Å². The molecule has 0 spiro atoms. The van der Waals surface area contributed by atoms with E-state index in [1.807, 2.05) is 0 Å². The van der Waals surface area contributed by atoms with Crippen LogP contribution in [0.2, 0.25) is 0 Å². The molecule has 0 aromatic rings. The molecule has 0 fully saturated rings. The van der Waals surface area contributed by atoms with Crippen molar-refractivity contribution >= 4 is 5.97 Å². The zero-order chi connectivity index (χ0) is 9.23. The van der Waals surface area contributed by atoms with Gasteiger partial charge in [-0.05, 0) is 6.42 Å². The van der Waals surface area contributed by atoms with Crippen LogP contribution >= 0.6 is 0 Å². The summed E-state index contributed by atoms with van der Waals surface area (Å²) in [5.74, 6) is -0.203. The number of esters is 1. The highest BCUT2D eigenvalue weighted by molar-refractivity contribution is 5.69. The minimum absolute atomic E-state index is 0.203. The fourth-order valence-corrected chi connectivity index (χ4v) is 0.814. The summed E-state index contributed by atoms with van der Waals surface area (Å²) in [6.07, 6.45) is 3.83. The van der Waals surface area contributed by atoms with Gasteiger partial charge in [-0.3, -0.25) is 4.79 Å². The lowest BCUT2D eigenvalue weighted by atomic mass is 10.3. The molecule has 0 radical (unpaired) electrons. The smallest absolute Gasteiger partial charge is 0.307 e. The first-order chi connectivity index (χ1) is 5.81. The lowest BCUT2D eigenvalue weighted by Gasteiger charge is -2.01. The van der Waals surface area contributed by atoms with Gasteiger partial charge in [-0.15, -0.1) is 0 Å². The summed E-state index contributed by atoms with van der Waals surface area (Å²) in [7, 11) is 1.39. The molecule has 3 nitrogen and oxygen atoms in total. The van der Waals surface area contributed by atoms with Gasteiger partial charge < -0.3 is 9.47 Å². The Morgan fingerprint density at radius 3 is 2.58 bits per heavy atom. The summed E-state index contributed by atoms with van der Waals surface area (Å²) < 4.78 is 9.67. The molecule has 3 heteroatoms. The van der Waals surface area contributed by atoms with Gasteiger partial charge in [0.25, 0.3) is 0 Å². The molecule has 0 bridgehead atoms. The number of unbranched alkanes of at least 4 members (excludes halogenated alkanes) is 2. The van der Waals surface area contributed by atoms with Crippen molar-refractivity contribution in [3.8, 4) is 0 Å². The molecule has 0 saturated heterocycles. The van der Waals surface area contributed by atoms with Gasteiger partial charge >= 0.3 is 5.97 Å². The summed E-state index contributed by atoms with van der Waals surface area (Å²) in [6.45, 7) is 3.38. The molecular weight excluding hydrogens is 156 g/mol. The summed E-state index contributed by atoms with van der Waals surface area (Å²) in [6, 6.07) is 0. The average molecular weight is 174 g/mol. The van der Waals surface area contributed by atoms with Crippen LogP contribution in [0.5, 0.6) is 0 Å². The van der Waals surface area contributed by atoms with Crippen molar-refractivity contribution in [2.45, 2.75) is 32.6 Å². The molecule has 0 aromatic heterocycles. The molecule has 0 rings (SSSR count). The number of rotatable bonds is 7. The van der Waals surface area contributed by atoms with E-state index < -0.39 is 0 Å². The Morgan fingerprint density at radius 2 is 2.00 bits per heavy atom. The topological polar surface area (TPSA) is 35.5 Å². The van der Waals surface area contributed by atoms with E-state index in [0.717, 1.165) is 13.0 Å². The fraction of sp³-hybridized carbons (Fsp3) is 0.889. The van der Waals surface area contributed by atoms with Crippen molar-refractivity contribution in [1.29, 1.82) is 0 Å². The third-order valence-corrected chi connectivity index (χ3v) is 1.57. The Bertz CT molecular complexity index is 112. The molecule has 0 aliphatic carbocycles. The van der Waals surface area contributed by atoms with E-state index in [2.05, 4.69) is 11.7 Å². The van der Waals surface area contributed by atoms with Gasteiger partial charge in [0.15, 0.2) is 0 Å². The van der Waals surface area contributed by atoms with E-state index in [1.165, 1.54) is 20.0 Å². The first kappa shape index (κ1) is 11.4. The second kappa shape index (κ2) is 8.53. The van der Waals surface area contributed by atoms with Gasteiger partial charge in [0.05, 0.1) is 20.1 Å². The van der Waals surface area contributed by atoms with Crippen LogP contribution < -0.4 is 0 Å². The summed E-state index contributed by atoms with van der Waals surface area (Å²) in [5, 5.41) is 0. The van der Waals surface area contributed by atoms with Gasteiger partial charge in [-0.2, -0.15) is 0 Å². The van der Waals surface area contributed by atoms with Gasteiger partial charge in [0.2, 0.25) is 0 Å². The Morgan fingerprint density at radius 1 is 1.25 bits per heavy atom. The van der Waals surface area contributed by atoms with Gasteiger partial charge in [-0.25, -0.2) is 0 Å². The second-order valence-electron chi connectivity index (χ2n) is 2.65. The Balaban J connectivity index is 2.95. The molecule has 0 heterocycles. The number of hydrogen-bond donors (Lipinski definition) is 0. The minimum Gasteiger partial charge on any atom is -0.469 e. The molecule has 0 unspecified atom stereocenters. The quantitative estimate of drug-likeness (QED) is 0.436. The van der Waals surface area contributed by atoms with E-state index >= 15 is 0 Å². The van der Waals surface area contributed by atoms with E-state index in [4.69, 9.17) is 4.74 Å². The maximum absolute atomic E-state index is 10.6. The number of ether oxygens (including phenoxy) is 2. The van der Waals surface area contributed by atoms with Gasteiger partial charge in [-0.1, -0.05) is 19.8 Å². The third kappa shape index (κ3) is 7.54. The molecular formula is C9H18O3. The molecule has 0 N–H and O–H groups in total. The molecule has 0 aliphatic rings. The van der Waals surface area contributed by atoms with E-state index in [1.54, 1.807) is 0 Å². The van der Waals surface area contributed by atoms with Crippen LogP contribution in [0.4, 0.5) is 0 Å². The lowest BCUT2D eigenvalue weighted by molar-refractivity contribution is -0.141. The van der Waals surface area contributed by atoms with Crippen molar-refractivity contribution in [3.05, 3.63) is 0 Å². The second-order valence-corrected chi connectivity index (χ2v) is 2.65. The molecule has 12 heavy (non-hydrogen) atoms. The van der Waals surface area contributed by atoms with Crippen molar-refractivity contribution < 1.29 is 14.3 Å². The average Bonchev–Trinajstić information content (AvgIpc) is 2.10. The number of methoxy groups -OCH3 is 1. The number of hydrogen-bond acceptors (Lipinski definition) is 3. The van der Waals surface area contributed by atoms with Crippen molar-refractivity contribution in [2.24, 2.45) is 0 Å². The molecule has 72 valence electrons. The fourth-order valence-electron chi connectivity index (χ4n) is 0.814. The number of carbonyl (C=O) groups is 1. The van der Waals surface area contributed by atoms with Crippen molar-refractivity contribution in [1.82, 2.24) is 0 Å². The first-order valence-electron chi connectivity index (χ1n) is 4.45. The summed E-state index contributed by atoms with van der Waals surface area (Å²) in [5.41, 5.74) is 0. The lowest BCUT2D eigenvalue weighted by Crippen LogP contribution is -2.06. The van der Waals surface area contributed by atoms with E-state index in [-0.39, 0.29) is 5.97 Å². The van der Waals surface area contributed by atoms with Gasteiger partial charge in [0.1, 0.15) is 0 Å². The standard InChI is InChI=1S/C9H18O3/c1-3-4-5-7-12-8-6-9(10)11-2/h3-8H2,1-2H3. The highest BCUT2D eigenvalue weighted by Gasteiger charge is 1.98. The maximum atomic E-state index is 10.6. The summed E-state index contributed by atoms with van der Waals surface area (Å²) >= 11 is 0. The van der Waals surface area contributed by atoms with Crippen LogP contribution in [0.3, 0.4) is 0 Å². The maximum Gasteiger partial charge on any atom is 0.307 e. The van der Waals surface area contributed by atoms with E-state index in [9.17, 15) is 4.79 Å². The Hall–Kier alpha value is -0.570. The zero-order valence-corrected chi connectivity index (χ0v) is 7.97. The van der Waals surface area contributed by atoms with Crippen LogP contribution in [-0.4, -0.2) is 26.3 Å². The molecule has 0 aromatic carbocycles. The Kier molecular flexibility index (Phi) is 8.12. The molecule has 0 aliphatic heterocycles. The van der Waals surface area contributed by atoms with Crippen molar-refractivity contribution in [2.75, 3.05) is 20.3 Å². The molecule has 0 atom stereocenters. The van der Waals surface area contributed by atoms with Crippen LogP contribution in [0.25, 0.3) is 0 Å². The summed E-state index contributed by atoms with van der Waals surface area (Å²) in [4.78, 5) is 10.6. The molecule has 0 saturated carbocycles. The largest absolute Gasteiger partial charge is 0.469 e. The van der Waals surface area contributed by atoms with Crippen LogP contribution in [0, 0.1) is 0 Å². The predicted molar refractivity (Wildman–Crippen MR) is 47.0 cm³/mol. The van der Waals surface area contributed by atoms with Crippen molar-refractivity contribution in [3.63, 3.8) is 0 Å². The SMILES string of the molecule is CCCCCOCCC(=O)OC.